The highest BCUT2D eigenvalue weighted by Crippen LogP contribution is 2.42. The van der Waals surface area contributed by atoms with E-state index in [0.29, 0.717) is 10.8 Å². The van der Waals surface area contributed by atoms with E-state index in [9.17, 15) is 0 Å². The Bertz CT molecular complexity index is 284. The van der Waals surface area contributed by atoms with Gasteiger partial charge in [-0.3, -0.25) is 0 Å². The lowest BCUT2D eigenvalue weighted by atomic mass is 9.77. The minimum absolute atomic E-state index is 0.359. The smallest absolute Gasteiger partial charge is 0.0531 e. The molecule has 2 aliphatic rings. The van der Waals surface area contributed by atoms with Gasteiger partial charge in [0.05, 0.1) is 6.61 Å². The molecule has 1 saturated heterocycles. The lowest BCUT2D eigenvalue weighted by molar-refractivity contribution is 0.0504. The number of hydrogen-bond donors (Lipinski definition) is 2. The van der Waals surface area contributed by atoms with Crippen LogP contribution >= 0.6 is 0 Å². The summed E-state index contributed by atoms with van der Waals surface area (Å²) in [4.78, 5) is 0. The summed E-state index contributed by atoms with van der Waals surface area (Å²) in [5.74, 6) is 0.816. The molecule has 0 amide bonds. The van der Waals surface area contributed by atoms with Gasteiger partial charge in [0.1, 0.15) is 0 Å². The van der Waals surface area contributed by atoms with Crippen molar-refractivity contribution in [2.24, 2.45) is 16.7 Å². The Morgan fingerprint density at radius 3 is 2.19 bits per heavy atom. The van der Waals surface area contributed by atoms with Gasteiger partial charge in [0.25, 0.3) is 0 Å². The molecular formula is C18H36N2O. The zero-order valence-electron chi connectivity index (χ0n) is 14.5. The van der Waals surface area contributed by atoms with E-state index in [1.54, 1.807) is 0 Å². The topological polar surface area (TPSA) is 33.3 Å². The number of hydrogen-bond acceptors (Lipinski definition) is 3. The fourth-order valence-electron chi connectivity index (χ4n) is 4.67. The molecule has 1 saturated carbocycles. The maximum Gasteiger partial charge on any atom is 0.0531 e. The standard InChI is InChI=1S/C18H36N2O/c1-16(2)12-17(6-4-5-7-17)13-20-14-18(15-21-3)8-10-19-11-9-18/h16,19-20H,4-15H2,1-3H3. The second-order valence-corrected chi connectivity index (χ2v) is 8.09. The number of rotatable bonds is 8. The van der Waals surface area contributed by atoms with Crippen molar-refractivity contribution >= 4 is 0 Å². The average Bonchev–Trinajstić information content (AvgIpc) is 2.88. The predicted molar refractivity (Wildman–Crippen MR) is 89.6 cm³/mol. The molecule has 1 aliphatic heterocycles. The predicted octanol–water partition coefficient (Wildman–Crippen LogP) is 3.20. The van der Waals surface area contributed by atoms with Crippen LogP contribution in [0.3, 0.4) is 0 Å². The number of piperidine rings is 1. The van der Waals surface area contributed by atoms with E-state index in [0.717, 1.165) is 32.2 Å². The summed E-state index contributed by atoms with van der Waals surface area (Å²) in [5.41, 5.74) is 0.937. The molecule has 0 spiro atoms. The summed E-state index contributed by atoms with van der Waals surface area (Å²) in [6.45, 7) is 10.3. The summed E-state index contributed by atoms with van der Waals surface area (Å²) in [6.07, 6.45) is 9.59. The molecule has 3 nitrogen and oxygen atoms in total. The van der Waals surface area contributed by atoms with Gasteiger partial charge in [-0.15, -0.1) is 0 Å². The van der Waals surface area contributed by atoms with Crippen LogP contribution in [0.25, 0.3) is 0 Å². The first-order valence-electron chi connectivity index (χ1n) is 9.00. The minimum atomic E-state index is 0.359. The van der Waals surface area contributed by atoms with Gasteiger partial charge >= 0.3 is 0 Å². The maximum atomic E-state index is 5.53. The molecule has 1 heterocycles. The molecule has 1 aliphatic carbocycles. The third-order valence-electron chi connectivity index (χ3n) is 5.62. The molecule has 3 heteroatoms. The van der Waals surface area contributed by atoms with E-state index >= 15 is 0 Å². The maximum absolute atomic E-state index is 5.53. The zero-order valence-corrected chi connectivity index (χ0v) is 14.5. The second kappa shape index (κ2) is 7.94. The van der Waals surface area contributed by atoms with Gasteiger partial charge < -0.3 is 15.4 Å². The van der Waals surface area contributed by atoms with Gasteiger partial charge in [-0.1, -0.05) is 26.7 Å². The van der Waals surface area contributed by atoms with Crippen LogP contribution < -0.4 is 10.6 Å². The van der Waals surface area contributed by atoms with Crippen LogP contribution in [0, 0.1) is 16.7 Å². The fraction of sp³-hybridized carbons (Fsp3) is 1.00. The lowest BCUT2D eigenvalue weighted by Gasteiger charge is -2.39. The van der Waals surface area contributed by atoms with Crippen LogP contribution in [0.4, 0.5) is 0 Å². The summed E-state index contributed by atoms with van der Waals surface area (Å²) in [7, 11) is 1.85. The fourth-order valence-corrected chi connectivity index (χ4v) is 4.67. The largest absolute Gasteiger partial charge is 0.384 e. The summed E-state index contributed by atoms with van der Waals surface area (Å²) < 4.78 is 5.53. The van der Waals surface area contributed by atoms with Gasteiger partial charge in [0.15, 0.2) is 0 Å². The van der Waals surface area contributed by atoms with Crippen molar-refractivity contribution in [1.29, 1.82) is 0 Å². The minimum Gasteiger partial charge on any atom is -0.384 e. The van der Waals surface area contributed by atoms with Gasteiger partial charge in [-0.2, -0.15) is 0 Å². The van der Waals surface area contributed by atoms with Gasteiger partial charge in [-0.25, -0.2) is 0 Å². The van der Waals surface area contributed by atoms with E-state index in [4.69, 9.17) is 4.74 Å². The second-order valence-electron chi connectivity index (χ2n) is 8.09. The molecule has 21 heavy (non-hydrogen) atoms. The highest BCUT2D eigenvalue weighted by Gasteiger charge is 2.36. The van der Waals surface area contributed by atoms with E-state index in [-0.39, 0.29) is 0 Å². The third-order valence-corrected chi connectivity index (χ3v) is 5.62. The van der Waals surface area contributed by atoms with Crippen molar-refractivity contribution in [1.82, 2.24) is 10.6 Å². The Morgan fingerprint density at radius 1 is 1.00 bits per heavy atom. The Morgan fingerprint density at radius 2 is 1.62 bits per heavy atom. The Kier molecular flexibility index (Phi) is 6.51. The van der Waals surface area contributed by atoms with Crippen molar-refractivity contribution in [2.45, 2.75) is 58.8 Å². The molecule has 0 aromatic carbocycles. The molecule has 0 atom stereocenters. The number of ether oxygens (including phenoxy) is 1. The quantitative estimate of drug-likeness (QED) is 0.721. The van der Waals surface area contributed by atoms with E-state index in [1.807, 2.05) is 7.11 Å². The SMILES string of the molecule is COCC1(CNCC2(CC(C)C)CCCC2)CCNCC1. The lowest BCUT2D eigenvalue weighted by Crippen LogP contribution is -2.47. The van der Waals surface area contributed by atoms with Gasteiger partial charge in [-0.05, 0) is 56.5 Å². The molecular weight excluding hydrogens is 260 g/mol. The Balaban J connectivity index is 1.85. The van der Waals surface area contributed by atoms with E-state index < -0.39 is 0 Å². The van der Waals surface area contributed by atoms with Crippen molar-refractivity contribution in [3.05, 3.63) is 0 Å². The molecule has 0 radical (unpaired) electrons. The Hall–Kier alpha value is -0.120. The van der Waals surface area contributed by atoms with Crippen molar-refractivity contribution in [3.8, 4) is 0 Å². The van der Waals surface area contributed by atoms with Crippen molar-refractivity contribution in [2.75, 3.05) is 39.9 Å². The normalized spacial score (nSPS) is 24.6. The summed E-state index contributed by atoms with van der Waals surface area (Å²) in [6, 6.07) is 0. The summed E-state index contributed by atoms with van der Waals surface area (Å²) >= 11 is 0. The molecule has 2 N–H and O–H groups in total. The molecule has 0 aromatic heterocycles. The van der Waals surface area contributed by atoms with Crippen LogP contribution in [0.15, 0.2) is 0 Å². The van der Waals surface area contributed by atoms with Crippen LogP contribution in [0.5, 0.6) is 0 Å². The molecule has 2 fully saturated rings. The number of nitrogens with one attached hydrogen (secondary N) is 2. The first-order chi connectivity index (χ1) is 10.1. The van der Waals surface area contributed by atoms with Crippen molar-refractivity contribution in [3.63, 3.8) is 0 Å². The first kappa shape index (κ1) is 17.2. The van der Waals surface area contributed by atoms with E-state index in [2.05, 4.69) is 24.5 Å². The van der Waals surface area contributed by atoms with Crippen LogP contribution in [0.1, 0.15) is 58.8 Å². The van der Waals surface area contributed by atoms with Crippen molar-refractivity contribution < 1.29 is 4.74 Å². The molecule has 0 unspecified atom stereocenters. The first-order valence-corrected chi connectivity index (χ1v) is 9.00. The third kappa shape index (κ3) is 4.94. The van der Waals surface area contributed by atoms with Crippen LogP contribution in [-0.2, 0) is 4.74 Å². The number of methoxy groups -OCH3 is 1. The van der Waals surface area contributed by atoms with Crippen LogP contribution in [0.2, 0.25) is 0 Å². The van der Waals surface area contributed by atoms with Gasteiger partial charge in [0.2, 0.25) is 0 Å². The highest BCUT2D eigenvalue weighted by atomic mass is 16.5. The zero-order chi connectivity index (χ0) is 15.2. The monoisotopic (exact) mass is 296 g/mol. The molecule has 0 aromatic rings. The average molecular weight is 296 g/mol. The highest BCUT2D eigenvalue weighted by molar-refractivity contribution is 4.91. The molecule has 0 bridgehead atoms. The summed E-state index contributed by atoms with van der Waals surface area (Å²) in [5, 5.41) is 7.34. The Labute approximate surface area is 131 Å². The molecule has 2 rings (SSSR count). The van der Waals surface area contributed by atoms with Crippen LogP contribution in [-0.4, -0.2) is 39.9 Å². The van der Waals surface area contributed by atoms with E-state index in [1.165, 1.54) is 51.5 Å². The van der Waals surface area contributed by atoms with Gasteiger partial charge in [0, 0.05) is 25.6 Å². The molecule has 124 valence electrons.